The highest BCUT2D eigenvalue weighted by Crippen LogP contribution is 2.45. The minimum absolute atomic E-state index is 0.285. The summed E-state index contributed by atoms with van der Waals surface area (Å²) in [5.41, 5.74) is 2.67. The molecule has 0 bridgehead atoms. The first-order valence-electron chi connectivity index (χ1n) is 7.68. The van der Waals surface area contributed by atoms with Gasteiger partial charge in [0.15, 0.2) is 0 Å². The molecule has 112 valence electrons. The van der Waals surface area contributed by atoms with E-state index in [2.05, 4.69) is 58.4 Å². The Bertz CT molecular complexity index is 595. The number of rotatable bonds is 6. The number of fused-ring (bicyclic) bond motifs is 1. The van der Waals surface area contributed by atoms with E-state index in [1.807, 2.05) is 18.0 Å². The maximum Gasteiger partial charge on any atom is 0.0763 e. The molecule has 0 amide bonds. The maximum absolute atomic E-state index is 4.26. The van der Waals surface area contributed by atoms with Gasteiger partial charge in [-0.05, 0) is 24.6 Å². The number of thioether (sulfide) groups is 1. The Morgan fingerprint density at radius 1 is 1.38 bits per heavy atom. The third-order valence-electron chi connectivity index (χ3n) is 3.96. The molecule has 0 aliphatic carbocycles. The van der Waals surface area contributed by atoms with Gasteiger partial charge >= 0.3 is 0 Å². The summed E-state index contributed by atoms with van der Waals surface area (Å²) < 4.78 is 2.05. The topological polar surface area (TPSA) is 42.7 Å². The second kappa shape index (κ2) is 6.62. The first-order chi connectivity index (χ1) is 10.3. The van der Waals surface area contributed by atoms with Gasteiger partial charge in [-0.2, -0.15) is 0 Å². The van der Waals surface area contributed by atoms with Gasteiger partial charge in [-0.1, -0.05) is 37.3 Å². The van der Waals surface area contributed by atoms with Crippen LogP contribution >= 0.6 is 11.8 Å². The Morgan fingerprint density at radius 3 is 3.05 bits per heavy atom. The fraction of sp³-hybridized carbons (Fsp3) is 0.500. The summed E-state index contributed by atoms with van der Waals surface area (Å²) >= 11 is 1.96. The standard InChI is InChI=1S/C16H22N4S/c1-3-9-20-14(10-18-19-20)16(17-4-2)13-11-21-15-8-6-5-7-12(13)15/h5-8,10,13,16-17H,3-4,9,11H2,1-2H3. The summed E-state index contributed by atoms with van der Waals surface area (Å²) in [5, 5.41) is 12.0. The quantitative estimate of drug-likeness (QED) is 0.889. The summed E-state index contributed by atoms with van der Waals surface area (Å²) in [4.78, 5) is 1.42. The highest BCUT2D eigenvalue weighted by Gasteiger charge is 2.32. The molecule has 21 heavy (non-hydrogen) atoms. The van der Waals surface area contributed by atoms with E-state index in [-0.39, 0.29) is 6.04 Å². The normalized spacial score (nSPS) is 18.7. The van der Waals surface area contributed by atoms with Crippen LogP contribution in [0.15, 0.2) is 35.4 Å². The SMILES string of the molecule is CCCn1nncc1C(NCC)C1CSc2ccccc21. The molecule has 1 N–H and O–H groups in total. The molecular weight excluding hydrogens is 280 g/mol. The lowest BCUT2D eigenvalue weighted by atomic mass is 9.91. The third kappa shape index (κ3) is 2.85. The zero-order valence-corrected chi connectivity index (χ0v) is 13.4. The molecule has 1 aliphatic rings. The minimum atomic E-state index is 0.285. The first-order valence-corrected chi connectivity index (χ1v) is 8.67. The molecule has 3 rings (SSSR count). The monoisotopic (exact) mass is 302 g/mol. The zero-order chi connectivity index (χ0) is 14.7. The second-order valence-corrected chi connectivity index (χ2v) is 6.43. The molecule has 1 aromatic heterocycles. The molecule has 0 radical (unpaired) electrons. The van der Waals surface area contributed by atoms with Gasteiger partial charge < -0.3 is 5.32 Å². The molecule has 0 saturated carbocycles. The highest BCUT2D eigenvalue weighted by atomic mass is 32.2. The van der Waals surface area contributed by atoms with Crippen molar-refractivity contribution in [2.45, 2.75) is 43.7 Å². The van der Waals surface area contributed by atoms with Gasteiger partial charge in [0.25, 0.3) is 0 Å². The van der Waals surface area contributed by atoms with Crippen LogP contribution in [-0.4, -0.2) is 27.3 Å². The summed E-state index contributed by atoms with van der Waals surface area (Å²) in [6.07, 6.45) is 3.00. The molecule has 2 heterocycles. The number of likely N-dealkylation sites (N-methyl/N-ethyl adjacent to an activating group) is 1. The van der Waals surface area contributed by atoms with Crippen molar-refractivity contribution in [2.75, 3.05) is 12.3 Å². The van der Waals surface area contributed by atoms with Gasteiger partial charge in [-0.15, -0.1) is 16.9 Å². The number of hydrogen-bond donors (Lipinski definition) is 1. The number of aromatic nitrogens is 3. The molecule has 5 heteroatoms. The van der Waals surface area contributed by atoms with Crippen molar-refractivity contribution in [1.82, 2.24) is 20.3 Å². The van der Waals surface area contributed by atoms with E-state index in [0.717, 1.165) is 25.3 Å². The van der Waals surface area contributed by atoms with Crippen LogP contribution in [0.4, 0.5) is 0 Å². The van der Waals surface area contributed by atoms with Crippen molar-refractivity contribution in [3.8, 4) is 0 Å². The van der Waals surface area contributed by atoms with Gasteiger partial charge in [0.2, 0.25) is 0 Å². The molecule has 1 aliphatic heterocycles. The lowest BCUT2D eigenvalue weighted by Crippen LogP contribution is -2.29. The van der Waals surface area contributed by atoms with E-state index in [9.17, 15) is 0 Å². The summed E-state index contributed by atoms with van der Waals surface area (Å²) in [6.45, 7) is 6.22. The Kier molecular flexibility index (Phi) is 4.60. The Balaban J connectivity index is 1.94. The Morgan fingerprint density at radius 2 is 2.24 bits per heavy atom. The van der Waals surface area contributed by atoms with Crippen molar-refractivity contribution in [3.05, 3.63) is 41.7 Å². The van der Waals surface area contributed by atoms with Crippen LogP contribution in [0.5, 0.6) is 0 Å². The van der Waals surface area contributed by atoms with E-state index in [1.165, 1.54) is 16.2 Å². The van der Waals surface area contributed by atoms with Crippen molar-refractivity contribution in [3.63, 3.8) is 0 Å². The molecular formula is C16H22N4S. The van der Waals surface area contributed by atoms with Crippen LogP contribution in [0.25, 0.3) is 0 Å². The van der Waals surface area contributed by atoms with E-state index >= 15 is 0 Å². The number of nitrogens with zero attached hydrogens (tertiary/aromatic N) is 3. The largest absolute Gasteiger partial charge is 0.308 e. The summed E-state index contributed by atoms with van der Waals surface area (Å²) in [5.74, 6) is 1.61. The summed E-state index contributed by atoms with van der Waals surface area (Å²) in [6, 6.07) is 9.04. The molecule has 2 atom stereocenters. The van der Waals surface area contributed by atoms with Gasteiger partial charge in [-0.3, -0.25) is 0 Å². The van der Waals surface area contributed by atoms with Crippen molar-refractivity contribution in [2.24, 2.45) is 0 Å². The number of benzene rings is 1. The van der Waals surface area contributed by atoms with Crippen LogP contribution in [0, 0.1) is 0 Å². The average Bonchev–Trinajstić information content (AvgIpc) is 3.12. The second-order valence-electron chi connectivity index (χ2n) is 5.37. The van der Waals surface area contributed by atoms with Gasteiger partial charge in [-0.25, -0.2) is 4.68 Å². The van der Waals surface area contributed by atoms with E-state index in [0.29, 0.717) is 5.92 Å². The molecule has 1 aromatic carbocycles. The van der Waals surface area contributed by atoms with Gasteiger partial charge in [0.05, 0.1) is 17.9 Å². The lowest BCUT2D eigenvalue weighted by Gasteiger charge is -2.25. The Hall–Kier alpha value is -1.33. The van der Waals surface area contributed by atoms with Crippen LogP contribution in [0.2, 0.25) is 0 Å². The number of hydrogen-bond acceptors (Lipinski definition) is 4. The van der Waals surface area contributed by atoms with E-state index < -0.39 is 0 Å². The van der Waals surface area contributed by atoms with Crippen molar-refractivity contribution in [1.29, 1.82) is 0 Å². The lowest BCUT2D eigenvalue weighted by molar-refractivity contribution is 0.434. The maximum atomic E-state index is 4.26. The average molecular weight is 302 g/mol. The molecule has 0 spiro atoms. The van der Waals surface area contributed by atoms with Crippen LogP contribution < -0.4 is 5.32 Å². The first kappa shape index (κ1) is 14.6. The molecule has 2 unspecified atom stereocenters. The fourth-order valence-electron chi connectivity index (χ4n) is 3.03. The van der Waals surface area contributed by atoms with Crippen LogP contribution in [-0.2, 0) is 6.54 Å². The smallest absolute Gasteiger partial charge is 0.0763 e. The van der Waals surface area contributed by atoms with E-state index in [4.69, 9.17) is 0 Å². The van der Waals surface area contributed by atoms with Crippen molar-refractivity contribution < 1.29 is 0 Å². The van der Waals surface area contributed by atoms with E-state index in [1.54, 1.807) is 0 Å². The minimum Gasteiger partial charge on any atom is -0.308 e. The third-order valence-corrected chi connectivity index (χ3v) is 5.17. The predicted octanol–water partition coefficient (Wildman–Crippen LogP) is 3.23. The Labute approximate surface area is 130 Å². The van der Waals surface area contributed by atoms with Crippen LogP contribution in [0.1, 0.15) is 43.5 Å². The molecule has 0 saturated heterocycles. The van der Waals surface area contributed by atoms with Gasteiger partial charge in [0.1, 0.15) is 0 Å². The number of aryl methyl sites for hydroxylation is 1. The van der Waals surface area contributed by atoms with Gasteiger partial charge in [0, 0.05) is 23.1 Å². The summed E-state index contributed by atoms with van der Waals surface area (Å²) in [7, 11) is 0. The zero-order valence-electron chi connectivity index (χ0n) is 12.6. The number of nitrogens with one attached hydrogen (secondary N) is 1. The molecule has 0 fully saturated rings. The molecule has 4 nitrogen and oxygen atoms in total. The highest BCUT2D eigenvalue weighted by molar-refractivity contribution is 7.99. The predicted molar refractivity (Wildman–Crippen MR) is 86.6 cm³/mol. The van der Waals surface area contributed by atoms with Crippen LogP contribution in [0.3, 0.4) is 0 Å². The van der Waals surface area contributed by atoms with Crippen molar-refractivity contribution >= 4 is 11.8 Å². The fourth-order valence-corrected chi connectivity index (χ4v) is 4.32. The molecule has 2 aromatic rings.